The van der Waals surface area contributed by atoms with Gasteiger partial charge in [-0.15, -0.1) is 11.3 Å². The van der Waals surface area contributed by atoms with Crippen LogP contribution in [0.25, 0.3) is 16.2 Å². The van der Waals surface area contributed by atoms with Crippen molar-refractivity contribution < 1.29 is 0 Å². The van der Waals surface area contributed by atoms with E-state index < -0.39 is 0 Å². The molecule has 0 bridgehead atoms. The second kappa shape index (κ2) is 4.55. The lowest BCUT2D eigenvalue weighted by atomic mass is 10.1. The van der Waals surface area contributed by atoms with Gasteiger partial charge in [0.2, 0.25) is 0 Å². The lowest BCUT2D eigenvalue weighted by Crippen LogP contribution is -2.11. The third-order valence-electron chi connectivity index (χ3n) is 3.14. The minimum atomic E-state index is 0.291. The second-order valence-electron chi connectivity index (χ2n) is 4.39. The van der Waals surface area contributed by atoms with Crippen molar-refractivity contribution in [2.75, 3.05) is 6.54 Å². The topological polar surface area (TPSA) is 43.3 Å². The maximum absolute atomic E-state index is 5.84. The summed E-state index contributed by atoms with van der Waals surface area (Å²) in [5.74, 6) is 0.291. The molecule has 2 N–H and O–H groups in total. The Hall–Kier alpha value is -1.65. The van der Waals surface area contributed by atoms with Crippen LogP contribution in [0.3, 0.4) is 0 Å². The molecule has 3 heterocycles. The Morgan fingerprint density at radius 1 is 1.33 bits per heavy atom. The maximum Gasteiger partial charge on any atom is 0.137 e. The first-order chi connectivity index (χ1) is 8.81. The van der Waals surface area contributed by atoms with Gasteiger partial charge in [0.15, 0.2) is 0 Å². The molecule has 18 heavy (non-hydrogen) atoms. The highest BCUT2D eigenvalue weighted by molar-refractivity contribution is 7.13. The van der Waals surface area contributed by atoms with E-state index in [9.17, 15) is 0 Å². The van der Waals surface area contributed by atoms with Crippen LogP contribution in [0.5, 0.6) is 0 Å². The number of nitrogens with zero attached hydrogens (tertiary/aromatic N) is 2. The molecule has 0 spiro atoms. The Morgan fingerprint density at radius 2 is 2.22 bits per heavy atom. The highest BCUT2D eigenvalue weighted by Gasteiger charge is 2.18. The monoisotopic (exact) mass is 257 g/mol. The number of hydrogen-bond acceptors (Lipinski definition) is 3. The van der Waals surface area contributed by atoms with Crippen LogP contribution in [0.15, 0.2) is 41.9 Å². The minimum absolute atomic E-state index is 0.291. The molecule has 0 radical (unpaired) electrons. The van der Waals surface area contributed by atoms with E-state index in [0.29, 0.717) is 12.5 Å². The average molecular weight is 257 g/mol. The molecule has 3 rings (SSSR count). The maximum atomic E-state index is 5.84. The van der Waals surface area contributed by atoms with E-state index in [1.54, 1.807) is 11.3 Å². The number of rotatable bonds is 3. The average Bonchev–Trinajstić information content (AvgIpc) is 3.04. The van der Waals surface area contributed by atoms with Gasteiger partial charge in [-0.1, -0.05) is 19.1 Å². The summed E-state index contributed by atoms with van der Waals surface area (Å²) in [7, 11) is 0. The van der Waals surface area contributed by atoms with Crippen LogP contribution in [0.1, 0.15) is 18.5 Å². The van der Waals surface area contributed by atoms with Crippen molar-refractivity contribution in [2.45, 2.75) is 12.8 Å². The third-order valence-corrected chi connectivity index (χ3v) is 4.02. The van der Waals surface area contributed by atoms with Crippen LogP contribution < -0.4 is 5.73 Å². The molecule has 3 aromatic heterocycles. The summed E-state index contributed by atoms with van der Waals surface area (Å²) < 4.78 is 2.15. The van der Waals surface area contributed by atoms with Gasteiger partial charge in [-0.25, -0.2) is 4.98 Å². The Bertz CT molecular complexity index is 655. The van der Waals surface area contributed by atoms with Gasteiger partial charge in [-0.2, -0.15) is 0 Å². The quantitative estimate of drug-likeness (QED) is 0.783. The van der Waals surface area contributed by atoms with Gasteiger partial charge >= 0.3 is 0 Å². The SMILES string of the molecule is CC(CN)c1c(-c2cccs2)nc2ccccn12. The second-order valence-corrected chi connectivity index (χ2v) is 5.34. The standard InChI is InChI=1S/C14H15N3S/c1-10(9-15)14-13(11-5-4-8-18-11)16-12-6-2-3-7-17(12)14/h2-8,10H,9,15H2,1H3. The smallest absolute Gasteiger partial charge is 0.137 e. The van der Waals surface area contributed by atoms with E-state index in [2.05, 4.69) is 35.0 Å². The zero-order chi connectivity index (χ0) is 12.5. The summed E-state index contributed by atoms with van der Waals surface area (Å²) >= 11 is 1.72. The molecule has 4 heteroatoms. The first kappa shape index (κ1) is 11.4. The fourth-order valence-electron chi connectivity index (χ4n) is 2.19. The molecule has 3 aromatic rings. The number of aromatic nitrogens is 2. The van der Waals surface area contributed by atoms with Crippen LogP contribution >= 0.6 is 11.3 Å². The lowest BCUT2D eigenvalue weighted by molar-refractivity contribution is 0.739. The first-order valence-corrected chi connectivity index (χ1v) is 6.90. The summed E-state index contributed by atoms with van der Waals surface area (Å²) in [6.07, 6.45) is 2.06. The van der Waals surface area contributed by atoms with Gasteiger partial charge in [-0.3, -0.25) is 0 Å². The molecule has 0 saturated heterocycles. The van der Waals surface area contributed by atoms with Crippen LogP contribution in [-0.4, -0.2) is 15.9 Å². The summed E-state index contributed by atoms with van der Waals surface area (Å²) in [4.78, 5) is 5.94. The summed E-state index contributed by atoms with van der Waals surface area (Å²) in [5, 5.41) is 2.08. The summed E-state index contributed by atoms with van der Waals surface area (Å²) in [6, 6.07) is 10.2. The van der Waals surface area contributed by atoms with E-state index in [-0.39, 0.29) is 0 Å². The van der Waals surface area contributed by atoms with Crippen molar-refractivity contribution in [3.8, 4) is 10.6 Å². The van der Waals surface area contributed by atoms with Crippen LogP contribution in [0.2, 0.25) is 0 Å². The lowest BCUT2D eigenvalue weighted by Gasteiger charge is -2.10. The van der Waals surface area contributed by atoms with Crippen LogP contribution in [-0.2, 0) is 0 Å². The van der Waals surface area contributed by atoms with E-state index in [1.807, 2.05) is 18.2 Å². The predicted molar refractivity (Wildman–Crippen MR) is 76.0 cm³/mol. The zero-order valence-corrected chi connectivity index (χ0v) is 11.0. The number of fused-ring (bicyclic) bond motifs is 1. The predicted octanol–water partition coefficient (Wildman–Crippen LogP) is 3.13. The van der Waals surface area contributed by atoms with Crippen molar-refractivity contribution in [3.05, 3.63) is 47.6 Å². The Morgan fingerprint density at radius 3 is 2.94 bits per heavy atom. The van der Waals surface area contributed by atoms with Crippen molar-refractivity contribution in [1.29, 1.82) is 0 Å². The molecule has 0 amide bonds. The third kappa shape index (κ3) is 1.74. The molecule has 1 unspecified atom stereocenters. The molecular formula is C14H15N3S. The van der Waals surface area contributed by atoms with Crippen LogP contribution in [0.4, 0.5) is 0 Å². The molecule has 92 valence electrons. The molecule has 0 saturated carbocycles. The van der Waals surface area contributed by atoms with Crippen molar-refractivity contribution in [1.82, 2.24) is 9.38 Å². The largest absolute Gasteiger partial charge is 0.330 e. The van der Waals surface area contributed by atoms with Gasteiger partial charge in [0.1, 0.15) is 11.3 Å². The molecule has 1 atom stereocenters. The number of hydrogen-bond donors (Lipinski definition) is 1. The highest BCUT2D eigenvalue weighted by atomic mass is 32.1. The van der Waals surface area contributed by atoms with E-state index in [4.69, 9.17) is 10.7 Å². The fourth-order valence-corrected chi connectivity index (χ4v) is 2.91. The van der Waals surface area contributed by atoms with E-state index >= 15 is 0 Å². The van der Waals surface area contributed by atoms with Crippen molar-refractivity contribution in [3.63, 3.8) is 0 Å². The van der Waals surface area contributed by atoms with Gasteiger partial charge in [-0.05, 0) is 23.6 Å². The Labute approximate surface area is 110 Å². The number of imidazole rings is 1. The van der Waals surface area contributed by atoms with Gasteiger partial charge < -0.3 is 10.1 Å². The zero-order valence-electron chi connectivity index (χ0n) is 10.2. The molecule has 0 aliphatic carbocycles. The number of pyridine rings is 1. The molecule has 0 aliphatic heterocycles. The first-order valence-electron chi connectivity index (χ1n) is 6.02. The van der Waals surface area contributed by atoms with Gasteiger partial charge in [0.25, 0.3) is 0 Å². The van der Waals surface area contributed by atoms with E-state index in [0.717, 1.165) is 11.3 Å². The Kier molecular flexibility index (Phi) is 2.89. The minimum Gasteiger partial charge on any atom is -0.330 e. The van der Waals surface area contributed by atoms with Crippen molar-refractivity contribution >= 4 is 17.0 Å². The van der Waals surface area contributed by atoms with Gasteiger partial charge in [0, 0.05) is 18.7 Å². The highest BCUT2D eigenvalue weighted by Crippen LogP contribution is 2.32. The summed E-state index contributed by atoms with van der Waals surface area (Å²) in [5.41, 5.74) is 9.09. The van der Waals surface area contributed by atoms with E-state index in [1.165, 1.54) is 10.6 Å². The van der Waals surface area contributed by atoms with Crippen LogP contribution in [0, 0.1) is 0 Å². The fraction of sp³-hybridized carbons (Fsp3) is 0.214. The van der Waals surface area contributed by atoms with Crippen molar-refractivity contribution in [2.24, 2.45) is 5.73 Å². The number of nitrogens with two attached hydrogens (primary N) is 1. The molecular weight excluding hydrogens is 242 g/mol. The molecule has 0 fully saturated rings. The van der Waals surface area contributed by atoms with Gasteiger partial charge in [0.05, 0.1) is 10.6 Å². The normalized spacial score (nSPS) is 13.0. The molecule has 3 nitrogen and oxygen atoms in total. The molecule has 0 aromatic carbocycles. The Balaban J connectivity index is 2.30. The summed E-state index contributed by atoms with van der Waals surface area (Å²) in [6.45, 7) is 2.77. The molecule has 0 aliphatic rings. The number of thiophene rings is 1.